The molecule has 7 heteroatoms. The van der Waals surface area contributed by atoms with E-state index in [4.69, 9.17) is 0 Å². The summed E-state index contributed by atoms with van der Waals surface area (Å²) in [7, 11) is 2.21. The Bertz CT molecular complexity index is 549. The SMILES string of the molecule is CCNc1ccnc(N2CC[C@H](N3CCN(C)CC3)[C@H](CCCO)C2)n1. The molecule has 0 aromatic carbocycles. The summed E-state index contributed by atoms with van der Waals surface area (Å²) in [5.41, 5.74) is 0. The first kappa shape index (κ1) is 19.3. The monoisotopic (exact) mass is 362 g/mol. The number of piperazine rings is 1. The number of aromatic nitrogens is 2. The Kier molecular flexibility index (Phi) is 7.05. The Balaban J connectivity index is 1.68. The predicted molar refractivity (Wildman–Crippen MR) is 106 cm³/mol. The molecule has 2 atom stereocenters. The number of aliphatic hydroxyl groups is 1. The van der Waals surface area contributed by atoms with Gasteiger partial charge in [-0.05, 0) is 45.2 Å². The Morgan fingerprint density at radius 2 is 2.04 bits per heavy atom. The number of rotatable bonds is 7. The van der Waals surface area contributed by atoms with E-state index in [9.17, 15) is 5.11 Å². The molecule has 2 aliphatic rings. The van der Waals surface area contributed by atoms with Gasteiger partial charge in [-0.3, -0.25) is 4.90 Å². The summed E-state index contributed by atoms with van der Waals surface area (Å²) >= 11 is 0. The average Bonchev–Trinajstić information content (AvgIpc) is 2.67. The Morgan fingerprint density at radius 1 is 1.23 bits per heavy atom. The Morgan fingerprint density at radius 3 is 2.77 bits per heavy atom. The summed E-state index contributed by atoms with van der Waals surface area (Å²) in [6, 6.07) is 2.54. The van der Waals surface area contributed by atoms with Crippen LogP contribution in [-0.2, 0) is 0 Å². The molecular weight excluding hydrogens is 328 g/mol. The molecule has 0 unspecified atom stereocenters. The van der Waals surface area contributed by atoms with Crippen LogP contribution in [-0.4, -0.2) is 90.4 Å². The van der Waals surface area contributed by atoms with Crippen molar-refractivity contribution in [2.24, 2.45) is 5.92 Å². The maximum absolute atomic E-state index is 9.34. The predicted octanol–water partition coefficient (Wildman–Crippen LogP) is 1.12. The Labute approximate surface area is 157 Å². The van der Waals surface area contributed by atoms with Crippen molar-refractivity contribution in [3.05, 3.63) is 12.3 Å². The van der Waals surface area contributed by atoms with Gasteiger partial charge < -0.3 is 20.2 Å². The van der Waals surface area contributed by atoms with Crippen molar-refractivity contribution in [3.8, 4) is 0 Å². The number of nitrogens with one attached hydrogen (secondary N) is 1. The lowest BCUT2D eigenvalue weighted by Crippen LogP contribution is -2.56. The highest BCUT2D eigenvalue weighted by atomic mass is 16.2. The second-order valence-corrected chi connectivity index (χ2v) is 7.54. The summed E-state index contributed by atoms with van der Waals surface area (Å²) in [6.07, 6.45) is 4.93. The van der Waals surface area contributed by atoms with Crippen LogP contribution < -0.4 is 10.2 Å². The molecular formula is C19H34N6O. The van der Waals surface area contributed by atoms with Crippen molar-refractivity contribution in [1.29, 1.82) is 0 Å². The van der Waals surface area contributed by atoms with Gasteiger partial charge in [0.25, 0.3) is 0 Å². The zero-order valence-electron chi connectivity index (χ0n) is 16.3. The molecule has 26 heavy (non-hydrogen) atoms. The van der Waals surface area contributed by atoms with Crippen LogP contribution in [0.25, 0.3) is 0 Å². The second-order valence-electron chi connectivity index (χ2n) is 7.54. The lowest BCUT2D eigenvalue weighted by Gasteiger charge is -2.46. The van der Waals surface area contributed by atoms with Gasteiger partial charge in [-0.15, -0.1) is 0 Å². The minimum absolute atomic E-state index is 0.276. The smallest absolute Gasteiger partial charge is 0.227 e. The maximum atomic E-state index is 9.34. The molecule has 0 radical (unpaired) electrons. The van der Waals surface area contributed by atoms with E-state index in [1.165, 1.54) is 0 Å². The number of aliphatic hydroxyl groups excluding tert-OH is 1. The molecule has 7 nitrogen and oxygen atoms in total. The fourth-order valence-corrected chi connectivity index (χ4v) is 4.25. The van der Waals surface area contributed by atoms with Crippen LogP contribution in [0.2, 0.25) is 0 Å². The summed E-state index contributed by atoms with van der Waals surface area (Å²) in [5.74, 6) is 2.28. The van der Waals surface area contributed by atoms with Gasteiger partial charge in [-0.1, -0.05) is 0 Å². The quantitative estimate of drug-likeness (QED) is 0.753. The van der Waals surface area contributed by atoms with Gasteiger partial charge in [0.2, 0.25) is 5.95 Å². The molecule has 2 saturated heterocycles. The van der Waals surface area contributed by atoms with Gasteiger partial charge in [0.05, 0.1) is 0 Å². The molecule has 3 rings (SSSR count). The van der Waals surface area contributed by atoms with Gasteiger partial charge in [-0.2, -0.15) is 4.98 Å². The van der Waals surface area contributed by atoms with Crippen molar-refractivity contribution in [2.45, 2.75) is 32.2 Å². The third-order valence-corrected chi connectivity index (χ3v) is 5.72. The van der Waals surface area contributed by atoms with Gasteiger partial charge in [-0.25, -0.2) is 4.98 Å². The van der Waals surface area contributed by atoms with Gasteiger partial charge in [0.15, 0.2) is 0 Å². The zero-order valence-corrected chi connectivity index (χ0v) is 16.3. The van der Waals surface area contributed by atoms with Crippen molar-refractivity contribution < 1.29 is 5.11 Å². The molecule has 146 valence electrons. The van der Waals surface area contributed by atoms with Gasteiger partial charge in [0.1, 0.15) is 5.82 Å². The van der Waals surface area contributed by atoms with E-state index in [-0.39, 0.29) is 6.61 Å². The molecule has 0 aliphatic carbocycles. The molecule has 2 fully saturated rings. The summed E-state index contributed by atoms with van der Waals surface area (Å²) < 4.78 is 0. The maximum Gasteiger partial charge on any atom is 0.227 e. The van der Waals surface area contributed by atoms with Crippen molar-refractivity contribution in [3.63, 3.8) is 0 Å². The highest BCUT2D eigenvalue weighted by molar-refractivity contribution is 5.41. The third-order valence-electron chi connectivity index (χ3n) is 5.72. The number of hydrogen-bond acceptors (Lipinski definition) is 7. The molecule has 2 N–H and O–H groups in total. The van der Waals surface area contributed by atoms with E-state index >= 15 is 0 Å². The summed E-state index contributed by atoms with van der Waals surface area (Å²) in [4.78, 5) is 16.6. The fourth-order valence-electron chi connectivity index (χ4n) is 4.25. The van der Waals surface area contributed by atoms with Crippen LogP contribution in [0, 0.1) is 5.92 Å². The molecule has 0 amide bonds. The first-order chi connectivity index (χ1) is 12.7. The van der Waals surface area contributed by atoms with Crippen molar-refractivity contribution >= 4 is 11.8 Å². The fraction of sp³-hybridized carbons (Fsp3) is 0.789. The molecule has 3 heterocycles. The lowest BCUT2D eigenvalue weighted by molar-refractivity contribution is 0.0636. The first-order valence-electron chi connectivity index (χ1n) is 10.1. The van der Waals surface area contributed by atoms with Crippen LogP contribution in [0.15, 0.2) is 12.3 Å². The molecule has 0 bridgehead atoms. The number of hydrogen-bond donors (Lipinski definition) is 2. The van der Waals surface area contributed by atoms with E-state index in [2.05, 4.69) is 44.0 Å². The normalized spacial score (nSPS) is 25.4. The molecule has 1 aromatic heterocycles. The highest BCUT2D eigenvalue weighted by Crippen LogP contribution is 2.29. The Hall–Kier alpha value is -1.44. The van der Waals surface area contributed by atoms with E-state index in [0.29, 0.717) is 12.0 Å². The topological polar surface area (TPSA) is 67.8 Å². The van der Waals surface area contributed by atoms with Crippen LogP contribution >= 0.6 is 0 Å². The summed E-state index contributed by atoms with van der Waals surface area (Å²) in [5, 5.41) is 12.6. The largest absolute Gasteiger partial charge is 0.396 e. The summed E-state index contributed by atoms with van der Waals surface area (Å²) in [6.45, 7) is 9.82. The van der Waals surface area contributed by atoms with E-state index in [1.54, 1.807) is 0 Å². The van der Waals surface area contributed by atoms with Crippen molar-refractivity contribution in [1.82, 2.24) is 19.8 Å². The minimum atomic E-state index is 0.276. The van der Waals surface area contributed by atoms with Gasteiger partial charge >= 0.3 is 0 Å². The molecule has 2 aliphatic heterocycles. The van der Waals surface area contributed by atoms with Crippen LogP contribution in [0.5, 0.6) is 0 Å². The van der Waals surface area contributed by atoms with E-state index in [1.807, 2.05) is 12.3 Å². The average molecular weight is 363 g/mol. The standard InChI is InChI=1S/C19H34N6O/c1-3-20-18-6-8-21-19(22-18)25-9-7-17(16(15-25)5-4-14-26)24-12-10-23(2)11-13-24/h6,8,16-17,26H,3-5,7,9-15H2,1-2H3,(H,20,21,22)/t16-,17+/m1/s1. The lowest BCUT2D eigenvalue weighted by atomic mass is 9.87. The minimum Gasteiger partial charge on any atom is -0.396 e. The molecule has 0 saturated carbocycles. The number of likely N-dealkylation sites (N-methyl/N-ethyl adjacent to an activating group) is 1. The number of nitrogens with zero attached hydrogens (tertiary/aromatic N) is 5. The van der Waals surface area contributed by atoms with Crippen molar-refractivity contribution in [2.75, 3.05) is 69.7 Å². The zero-order chi connectivity index (χ0) is 18.4. The third kappa shape index (κ3) is 4.84. The van der Waals surface area contributed by atoms with Crippen LogP contribution in [0.3, 0.4) is 0 Å². The molecule has 1 aromatic rings. The molecule has 0 spiro atoms. The van der Waals surface area contributed by atoms with Gasteiger partial charge in [0, 0.05) is 64.7 Å². The number of anilines is 2. The highest BCUT2D eigenvalue weighted by Gasteiger charge is 2.34. The van der Waals surface area contributed by atoms with E-state index < -0.39 is 0 Å². The van der Waals surface area contributed by atoms with Crippen LogP contribution in [0.4, 0.5) is 11.8 Å². The van der Waals surface area contributed by atoms with Crippen LogP contribution in [0.1, 0.15) is 26.2 Å². The second kappa shape index (κ2) is 9.48. The first-order valence-corrected chi connectivity index (χ1v) is 10.1. The van der Waals surface area contributed by atoms with E-state index in [0.717, 1.165) is 76.8 Å². The number of piperidine rings is 1.